The Bertz CT molecular complexity index is 612. The molecule has 0 saturated carbocycles. The van der Waals surface area contributed by atoms with Crippen molar-refractivity contribution in [2.45, 2.75) is 58.4 Å². The number of hydrogen-bond acceptors (Lipinski definition) is 4. The average Bonchev–Trinajstić information content (AvgIpc) is 2.51. The third-order valence-electron chi connectivity index (χ3n) is 4.18. The fourth-order valence-electron chi connectivity index (χ4n) is 2.85. The van der Waals surface area contributed by atoms with E-state index in [2.05, 4.69) is 17.2 Å². The number of carbonyl (C=O) groups excluding carboxylic acids is 1. The number of ether oxygens (including phenoxy) is 1. The molecule has 1 aliphatic heterocycles. The Morgan fingerprint density at radius 2 is 2.00 bits per heavy atom. The van der Waals surface area contributed by atoms with Crippen molar-refractivity contribution in [3.05, 3.63) is 23.9 Å². The minimum atomic E-state index is -4.40. The third-order valence-corrected chi connectivity index (χ3v) is 4.18. The zero-order valence-corrected chi connectivity index (χ0v) is 15.6. The molecule has 5 nitrogen and oxygen atoms in total. The molecule has 1 aromatic heterocycles. The number of rotatable bonds is 3. The lowest BCUT2D eigenvalue weighted by molar-refractivity contribution is -0.137. The van der Waals surface area contributed by atoms with Crippen molar-refractivity contribution in [1.29, 1.82) is 0 Å². The minimum Gasteiger partial charge on any atom is -0.444 e. The second-order valence-corrected chi connectivity index (χ2v) is 7.78. The number of hydrogen-bond donors (Lipinski definition) is 1. The molecule has 1 saturated heterocycles. The van der Waals surface area contributed by atoms with Crippen LogP contribution in [0.4, 0.5) is 23.8 Å². The second-order valence-electron chi connectivity index (χ2n) is 7.78. The van der Waals surface area contributed by atoms with Crippen LogP contribution in [0.15, 0.2) is 18.3 Å². The van der Waals surface area contributed by atoms with Gasteiger partial charge in [-0.15, -0.1) is 0 Å². The van der Waals surface area contributed by atoms with Gasteiger partial charge in [0.25, 0.3) is 0 Å². The highest BCUT2D eigenvalue weighted by Crippen LogP contribution is 2.29. The summed E-state index contributed by atoms with van der Waals surface area (Å²) in [7, 11) is 0. The van der Waals surface area contributed by atoms with E-state index >= 15 is 0 Å². The van der Waals surface area contributed by atoms with Crippen LogP contribution in [0, 0.1) is 5.92 Å². The highest BCUT2D eigenvalue weighted by Gasteiger charge is 2.33. The number of alkyl halides is 3. The van der Waals surface area contributed by atoms with E-state index in [0.29, 0.717) is 24.8 Å². The van der Waals surface area contributed by atoms with E-state index in [1.54, 1.807) is 4.90 Å². The number of likely N-dealkylation sites (tertiary alicyclic amines) is 1. The Morgan fingerprint density at radius 3 is 2.54 bits per heavy atom. The molecule has 2 heterocycles. The predicted octanol–water partition coefficient (Wildman–Crippen LogP) is 4.55. The van der Waals surface area contributed by atoms with Gasteiger partial charge in [0.2, 0.25) is 0 Å². The van der Waals surface area contributed by atoms with E-state index < -0.39 is 17.3 Å². The van der Waals surface area contributed by atoms with Gasteiger partial charge in [0, 0.05) is 19.3 Å². The van der Waals surface area contributed by atoms with Crippen LogP contribution < -0.4 is 5.32 Å². The highest BCUT2D eigenvalue weighted by molar-refractivity contribution is 5.68. The Kier molecular flexibility index (Phi) is 6.03. The molecule has 0 spiro atoms. The fourth-order valence-corrected chi connectivity index (χ4v) is 2.85. The smallest absolute Gasteiger partial charge is 0.417 e. The first-order chi connectivity index (χ1) is 12.0. The Labute approximate surface area is 151 Å². The summed E-state index contributed by atoms with van der Waals surface area (Å²) in [5.74, 6) is 0.726. The monoisotopic (exact) mass is 373 g/mol. The summed E-state index contributed by atoms with van der Waals surface area (Å²) in [4.78, 5) is 18.0. The normalized spacial score (nSPS) is 21.4. The van der Waals surface area contributed by atoms with E-state index in [0.717, 1.165) is 25.1 Å². The van der Waals surface area contributed by atoms with E-state index in [-0.39, 0.29) is 12.1 Å². The van der Waals surface area contributed by atoms with Crippen LogP contribution in [-0.2, 0) is 10.9 Å². The summed E-state index contributed by atoms with van der Waals surface area (Å²) in [5.41, 5.74) is -1.37. The number of piperidine rings is 1. The number of nitrogens with zero attached hydrogens (tertiary/aromatic N) is 2. The van der Waals surface area contributed by atoms with E-state index in [4.69, 9.17) is 4.74 Å². The molecule has 1 N–H and O–H groups in total. The third kappa shape index (κ3) is 5.78. The molecule has 1 aromatic rings. The van der Waals surface area contributed by atoms with Gasteiger partial charge in [0.15, 0.2) is 0 Å². The molecule has 146 valence electrons. The maximum absolute atomic E-state index is 12.6. The number of nitrogens with one attached hydrogen (secondary N) is 1. The quantitative estimate of drug-likeness (QED) is 0.845. The van der Waals surface area contributed by atoms with Gasteiger partial charge < -0.3 is 15.0 Å². The fraction of sp³-hybridized carbons (Fsp3) is 0.667. The maximum atomic E-state index is 12.6. The van der Waals surface area contributed by atoms with Crippen LogP contribution in [0.3, 0.4) is 0 Å². The van der Waals surface area contributed by atoms with Crippen LogP contribution in [0.2, 0.25) is 0 Å². The molecule has 1 aliphatic rings. The first-order valence-corrected chi connectivity index (χ1v) is 8.72. The Morgan fingerprint density at radius 1 is 1.31 bits per heavy atom. The van der Waals surface area contributed by atoms with Gasteiger partial charge >= 0.3 is 12.3 Å². The summed E-state index contributed by atoms with van der Waals surface area (Å²) >= 11 is 0. The summed E-state index contributed by atoms with van der Waals surface area (Å²) in [5, 5.41) is 3.03. The van der Waals surface area contributed by atoms with E-state index in [9.17, 15) is 18.0 Å². The number of amides is 1. The first-order valence-electron chi connectivity index (χ1n) is 8.72. The molecule has 0 aliphatic carbocycles. The molecule has 0 unspecified atom stereocenters. The number of pyridine rings is 1. The van der Waals surface area contributed by atoms with Crippen molar-refractivity contribution in [3.63, 3.8) is 0 Å². The Hall–Kier alpha value is -1.99. The summed E-state index contributed by atoms with van der Waals surface area (Å²) in [6.45, 7) is 8.54. The Balaban J connectivity index is 2.00. The van der Waals surface area contributed by atoms with Crippen molar-refractivity contribution in [2.75, 3.05) is 18.4 Å². The zero-order chi connectivity index (χ0) is 19.5. The summed E-state index contributed by atoms with van der Waals surface area (Å²) in [6, 6.07) is 2.20. The number of halogens is 3. The molecule has 1 amide bonds. The van der Waals surface area contributed by atoms with Crippen LogP contribution >= 0.6 is 0 Å². The molecule has 0 aromatic carbocycles. The van der Waals surface area contributed by atoms with E-state index in [1.165, 1.54) is 6.07 Å². The number of carbonyl (C=O) groups is 1. The van der Waals surface area contributed by atoms with E-state index in [1.807, 2.05) is 20.8 Å². The van der Waals surface area contributed by atoms with Gasteiger partial charge in [-0.3, -0.25) is 0 Å². The van der Waals surface area contributed by atoms with Gasteiger partial charge in [-0.2, -0.15) is 13.2 Å². The van der Waals surface area contributed by atoms with Gasteiger partial charge in [0.05, 0.1) is 11.6 Å². The van der Waals surface area contributed by atoms with Crippen molar-refractivity contribution < 1.29 is 22.7 Å². The lowest BCUT2D eigenvalue weighted by Gasteiger charge is -2.39. The molecule has 2 atom stereocenters. The zero-order valence-electron chi connectivity index (χ0n) is 15.6. The van der Waals surface area contributed by atoms with Gasteiger partial charge in [-0.25, -0.2) is 9.78 Å². The standard InChI is InChI=1S/C18H26F3N3O2/c1-12-5-7-14(24(11-12)16(25)26-17(2,3)4)10-23-15-8-6-13(9-22-15)18(19,20)21/h6,8-9,12,14H,5,7,10-11H2,1-4H3,(H,22,23)/t12-,14-/m0/s1. The lowest BCUT2D eigenvalue weighted by Crippen LogP contribution is -2.51. The molecule has 26 heavy (non-hydrogen) atoms. The molecular formula is C18H26F3N3O2. The van der Waals surface area contributed by atoms with Crippen LogP contribution in [0.1, 0.15) is 46.1 Å². The minimum absolute atomic E-state index is 0.0925. The molecule has 0 bridgehead atoms. The molecule has 0 radical (unpaired) electrons. The number of anilines is 1. The van der Waals surface area contributed by atoms with Crippen molar-refractivity contribution >= 4 is 11.9 Å². The summed E-state index contributed by atoms with van der Waals surface area (Å²) in [6.07, 6.45) is -2.19. The van der Waals surface area contributed by atoms with Gasteiger partial charge in [0.1, 0.15) is 11.4 Å². The topological polar surface area (TPSA) is 54.5 Å². The SMILES string of the molecule is C[C@H]1CC[C@@H](CNc2ccc(C(F)(F)F)cn2)N(C(=O)OC(C)(C)C)C1. The van der Waals surface area contributed by atoms with Gasteiger partial charge in [-0.1, -0.05) is 6.92 Å². The molecular weight excluding hydrogens is 347 g/mol. The van der Waals surface area contributed by atoms with Crippen LogP contribution in [0.25, 0.3) is 0 Å². The highest BCUT2D eigenvalue weighted by atomic mass is 19.4. The first kappa shape index (κ1) is 20.3. The number of aromatic nitrogens is 1. The van der Waals surface area contributed by atoms with Gasteiger partial charge in [-0.05, 0) is 51.7 Å². The second kappa shape index (κ2) is 7.72. The summed E-state index contributed by atoms with van der Waals surface area (Å²) < 4.78 is 43.2. The lowest BCUT2D eigenvalue weighted by atomic mass is 9.94. The van der Waals surface area contributed by atoms with Crippen LogP contribution in [-0.4, -0.2) is 40.7 Å². The molecule has 1 fully saturated rings. The predicted molar refractivity (Wildman–Crippen MR) is 92.9 cm³/mol. The molecule has 2 rings (SSSR count). The van der Waals surface area contributed by atoms with Crippen molar-refractivity contribution in [1.82, 2.24) is 9.88 Å². The van der Waals surface area contributed by atoms with Crippen molar-refractivity contribution in [3.8, 4) is 0 Å². The van der Waals surface area contributed by atoms with Crippen molar-refractivity contribution in [2.24, 2.45) is 5.92 Å². The average molecular weight is 373 g/mol. The van der Waals surface area contributed by atoms with Crippen LogP contribution in [0.5, 0.6) is 0 Å². The maximum Gasteiger partial charge on any atom is 0.417 e. The molecule has 8 heteroatoms. The largest absolute Gasteiger partial charge is 0.444 e.